The number of rotatable bonds is 6. The fraction of sp³-hybridized carbons (Fsp3) is 0.214. The molecular formula is C14H15N3O2. The summed E-state index contributed by atoms with van der Waals surface area (Å²) in [5.74, 6) is 0. The number of hydrogen-bond donors (Lipinski definition) is 1. The molecule has 0 unspecified atom stereocenters. The molecule has 0 fully saturated rings. The van der Waals surface area contributed by atoms with Crippen LogP contribution in [0.1, 0.15) is 12.0 Å². The molecule has 5 nitrogen and oxygen atoms in total. The van der Waals surface area contributed by atoms with Gasteiger partial charge < -0.3 is 5.32 Å². The van der Waals surface area contributed by atoms with Crippen LogP contribution in [-0.2, 0) is 6.42 Å². The van der Waals surface area contributed by atoms with Gasteiger partial charge in [-0.05, 0) is 24.5 Å². The fourth-order valence-electron chi connectivity index (χ4n) is 1.84. The maximum Gasteiger partial charge on any atom is 0.310 e. The summed E-state index contributed by atoms with van der Waals surface area (Å²) in [5.41, 5.74) is 1.81. The van der Waals surface area contributed by atoms with Crippen LogP contribution in [0.4, 0.5) is 11.4 Å². The molecule has 1 aromatic carbocycles. The lowest BCUT2D eigenvalue weighted by Gasteiger charge is -2.06. The molecule has 1 heterocycles. The number of hydrogen-bond acceptors (Lipinski definition) is 4. The SMILES string of the molecule is O=[N+]([O-])c1cnccc1NCCCc1ccccc1. The zero-order valence-electron chi connectivity index (χ0n) is 10.5. The fourth-order valence-corrected chi connectivity index (χ4v) is 1.84. The van der Waals surface area contributed by atoms with Gasteiger partial charge in [-0.25, -0.2) is 0 Å². The molecule has 5 heteroatoms. The normalized spacial score (nSPS) is 10.1. The minimum Gasteiger partial charge on any atom is -0.379 e. The summed E-state index contributed by atoms with van der Waals surface area (Å²) in [7, 11) is 0. The molecule has 19 heavy (non-hydrogen) atoms. The topological polar surface area (TPSA) is 68.1 Å². The largest absolute Gasteiger partial charge is 0.379 e. The second-order valence-corrected chi connectivity index (χ2v) is 4.17. The van der Waals surface area contributed by atoms with Crippen LogP contribution in [0, 0.1) is 10.1 Å². The highest BCUT2D eigenvalue weighted by Crippen LogP contribution is 2.21. The smallest absolute Gasteiger partial charge is 0.310 e. The van der Waals surface area contributed by atoms with E-state index in [4.69, 9.17) is 0 Å². The Morgan fingerprint density at radius 2 is 2.00 bits per heavy atom. The second kappa shape index (κ2) is 6.49. The first-order valence-corrected chi connectivity index (χ1v) is 6.13. The number of aromatic nitrogens is 1. The summed E-state index contributed by atoms with van der Waals surface area (Å²) in [6.07, 6.45) is 4.68. The van der Waals surface area contributed by atoms with Crippen LogP contribution >= 0.6 is 0 Å². The monoisotopic (exact) mass is 257 g/mol. The summed E-state index contributed by atoms with van der Waals surface area (Å²) in [6.45, 7) is 0.694. The Bertz CT molecular complexity index is 543. The second-order valence-electron chi connectivity index (χ2n) is 4.17. The minimum absolute atomic E-state index is 0.0159. The molecule has 0 aliphatic rings. The molecule has 0 aliphatic carbocycles. The van der Waals surface area contributed by atoms with Crippen molar-refractivity contribution in [3.8, 4) is 0 Å². The van der Waals surface area contributed by atoms with Gasteiger partial charge >= 0.3 is 5.69 Å². The Morgan fingerprint density at radius 1 is 1.21 bits per heavy atom. The highest BCUT2D eigenvalue weighted by molar-refractivity contribution is 5.59. The average Bonchev–Trinajstić information content (AvgIpc) is 2.45. The molecule has 0 aliphatic heterocycles. The number of pyridine rings is 1. The van der Waals surface area contributed by atoms with Crippen molar-refractivity contribution in [2.75, 3.05) is 11.9 Å². The highest BCUT2D eigenvalue weighted by Gasteiger charge is 2.12. The third-order valence-electron chi connectivity index (χ3n) is 2.80. The van der Waals surface area contributed by atoms with Gasteiger partial charge in [0, 0.05) is 12.7 Å². The molecule has 1 aromatic heterocycles. The Balaban J connectivity index is 1.85. The number of anilines is 1. The Labute approximate surface area is 111 Å². The van der Waals surface area contributed by atoms with Crippen molar-refractivity contribution in [1.29, 1.82) is 0 Å². The quantitative estimate of drug-likeness (QED) is 0.490. The molecule has 0 saturated heterocycles. The van der Waals surface area contributed by atoms with E-state index in [1.807, 2.05) is 18.2 Å². The van der Waals surface area contributed by atoms with Gasteiger partial charge in [0.25, 0.3) is 0 Å². The maximum atomic E-state index is 10.8. The van der Waals surface area contributed by atoms with Crippen LogP contribution < -0.4 is 5.32 Å². The van der Waals surface area contributed by atoms with Crippen molar-refractivity contribution in [3.63, 3.8) is 0 Å². The lowest BCUT2D eigenvalue weighted by atomic mass is 10.1. The van der Waals surface area contributed by atoms with E-state index in [2.05, 4.69) is 22.4 Å². The highest BCUT2D eigenvalue weighted by atomic mass is 16.6. The number of benzene rings is 1. The van der Waals surface area contributed by atoms with E-state index in [1.165, 1.54) is 11.8 Å². The lowest BCUT2D eigenvalue weighted by Crippen LogP contribution is -2.05. The molecule has 1 N–H and O–H groups in total. The first-order valence-electron chi connectivity index (χ1n) is 6.13. The summed E-state index contributed by atoms with van der Waals surface area (Å²) >= 11 is 0. The van der Waals surface area contributed by atoms with Crippen LogP contribution in [0.3, 0.4) is 0 Å². The van der Waals surface area contributed by atoms with E-state index >= 15 is 0 Å². The minimum atomic E-state index is -0.424. The molecule has 2 aromatic rings. The standard InChI is InChI=1S/C14H15N3O2/c18-17(19)14-11-15-10-8-13(14)16-9-4-7-12-5-2-1-3-6-12/h1-3,5-6,8,10-11H,4,7,9H2,(H,15,16). The van der Waals surface area contributed by atoms with Gasteiger partial charge in [-0.15, -0.1) is 0 Å². The molecule has 0 amide bonds. The molecule has 0 atom stereocenters. The molecule has 0 spiro atoms. The van der Waals surface area contributed by atoms with Crippen LogP contribution in [-0.4, -0.2) is 16.5 Å². The molecular weight excluding hydrogens is 242 g/mol. The van der Waals surface area contributed by atoms with Gasteiger partial charge in [0.1, 0.15) is 11.9 Å². The van der Waals surface area contributed by atoms with Crippen molar-refractivity contribution in [1.82, 2.24) is 4.98 Å². The van der Waals surface area contributed by atoms with Crippen LogP contribution in [0.5, 0.6) is 0 Å². The number of nitrogens with one attached hydrogen (secondary N) is 1. The van der Waals surface area contributed by atoms with Gasteiger partial charge in [-0.1, -0.05) is 30.3 Å². The third kappa shape index (κ3) is 3.77. The molecule has 0 saturated carbocycles. The Kier molecular flexibility index (Phi) is 4.44. The van der Waals surface area contributed by atoms with Gasteiger partial charge in [0.2, 0.25) is 0 Å². The predicted molar refractivity (Wildman–Crippen MR) is 74.1 cm³/mol. The van der Waals surface area contributed by atoms with Crippen molar-refractivity contribution < 1.29 is 4.92 Å². The van der Waals surface area contributed by atoms with Gasteiger partial charge in [0.05, 0.1) is 4.92 Å². The molecule has 0 radical (unpaired) electrons. The van der Waals surface area contributed by atoms with E-state index in [9.17, 15) is 10.1 Å². The van der Waals surface area contributed by atoms with Gasteiger partial charge in [0.15, 0.2) is 0 Å². The van der Waals surface area contributed by atoms with Crippen LogP contribution in [0.25, 0.3) is 0 Å². The summed E-state index contributed by atoms with van der Waals surface area (Å²) < 4.78 is 0. The Morgan fingerprint density at radius 3 is 2.74 bits per heavy atom. The van der Waals surface area contributed by atoms with E-state index in [-0.39, 0.29) is 5.69 Å². The van der Waals surface area contributed by atoms with Crippen molar-refractivity contribution in [2.45, 2.75) is 12.8 Å². The zero-order valence-corrected chi connectivity index (χ0v) is 10.5. The number of aryl methyl sites for hydroxylation is 1. The summed E-state index contributed by atoms with van der Waals surface area (Å²) in [4.78, 5) is 14.1. The maximum absolute atomic E-state index is 10.8. The Hall–Kier alpha value is -2.43. The summed E-state index contributed by atoms with van der Waals surface area (Å²) in [5, 5.41) is 13.9. The van der Waals surface area contributed by atoms with E-state index in [0.717, 1.165) is 12.8 Å². The third-order valence-corrected chi connectivity index (χ3v) is 2.80. The molecule has 0 bridgehead atoms. The van der Waals surface area contributed by atoms with Crippen LogP contribution in [0.15, 0.2) is 48.8 Å². The average molecular weight is 257 g/mol. The van der Waals surface area contributed by atoms with Crippen molar-refractivity contribution in [2.24, 2.45) is 0 Å². The van der Waals surface area contributed by atoms with E-state index in [1.54, 1.807) is 12.3 Å². The molecule has 2 rings (SSSR count). The number of nitrogens with zero attached hydrogens (tertiary/aromatic N) is 2. The first kappa shape index (κ1) is 13.0. The van der Waals surface area contributed by atoms with Crippen molar-refractivity contribution in [3.05, 3.63) is 64.5 Å². The molecule has 98 valence electrons. The van der Waals surface area contributed by atoms with Crippen molar-refractivity contribution >= 4 is 11.4 Å². The van der Waals surface area contributed by atoms with E-state index in [0.29, 0.717) is 12.2 Å². The predicted octanol–water partition coefficient (Wildman–Crippen LogP) is 3.03. The van der Waals surface area contributed by atoms with Crippen LogP contribution in [0.2, 0.25) is 0 Å². The first-order chi connectivity index (χ1) is 9.27. The lowest BCUT2D eigenvalue weighted by molar-refractivity contribution is -0.384. The number of nitro groups is 1. The van der Waals surface area contributed by atoms with Gasteiger partial charge in [-0.2, -0.15) is 0 Å². The summed E-state index contributed by atoms with van der Waals surface area (Å²) in [6, 6.07) is 11.8. The van der Waals surface area contributed by atoms with E-state index < -0.39 is 4.92 Å². The zero-order chi connectivity index (χ0) is 13.5. The van der Waals surface area contributed by atoms with Gasteiger partial charge in [-0.3, -0.25) is 15.1 Å².